The van der Waals surface area contributed by atoms with Crippen LogP contribution in [0.5, 0.6) is 0 Å². The summed E-state index contributed by atoms with van der Waals surface area (Å²) in [6.07, 6.45) is -4.38. The Morgan fingerprint density at radius 3 is 2.21 bits per heavy atom. The van der Waals surface area contributed by atoms with Crippen LogP contribution in [0.25, 0.3) is 0 Å². The van der Waals surface area contributed by atoms with Crippen molar-refractivity contribution in [2.45, 2.75) is 12.6 Å². The van der Waals surface area contributed by atoms with Gasteiger partial charge in [0.15, 0.2) is 0 Å². The minimum absolute atomic E-state index is 0.00948. The molecule has 0 aromatic heterocycles. The fourth-order valence-corrected chi connectivity index (χ4v) is 2.74. The smallest absolute Gasteiger partial charge is 0.325 e. The highest BCUT2D eigenvalue weighted by atomic mass is 19.4. The van der Waals surface area contributed by atoms with E-state index in [1.54, 1.807) is 18.2 Å². The first kappa shape index (κ1) is 20.1. The molecule has 0 unspecified atom stereocenters. The van der Waals surface area contributed by atoms with Crippen LogP contribution in [0.1, 0.15) is 21.5 Å². The van der Waals surface area contributed by atoms with Crippen LogP contribution in [0.15, 0.2) is 78.9 Å². The molecule has 0 heterocycles. The predicted molar refractivity (Wildman–Crippen MR) is 105 cm³/mol. The van der Waals surface area contributed by atoms with Crippen LogP contribution in [0.3, 0.4) is 0 Å². The molecule has 0 spiro atoms. The summed E-state index contributed by atoms with van der Waals surface area (Å²) >= 11 is 0. The van der Waals surface area contributed by atoms with E-state index in [-0.39, 0.29) is 29.3 Å². The number of rotatable bonds is 5. The number of nitrogens with one attached hydrogen (secondary N) is 2. The monoisotopic (exact) mass is 398 g/mol. The van der Waals surface area contributed by atoms with Gasteiger partial charge in [0.05, 0.1) is 23.2 Å². The van der Waals surface area contributed by atoms with Crippen molar-refractivity contribution in [3.63, 3.8) is 0 Å². The Morgan fingerprint density at radius 2 is 1.48 bits per heavy atom. The fourth-order valence-electron chi connectivity index (χ4n) is 2.74. The van der Waals surface area contributed by atoms with Crippen LogP contribution in [-0.2, 0) is 17.4 Å². The minimum atomic E-state index is -4.51. The van der Waals surface area contributed by atoms with Gasteiger partial charge in [-0.1, -0.05) is 48.5 Å². The number of amides is 2. The van der Waals surface area contributed by atoms with Gasteiger partial charge in [0.1, 0.15) is 0 Å². The third-order valence-electron chi connectivity index (χ3n) is 4.10. The van der Waals surface area contributed by atoms with E-state index >= 15 is 0 Å². The number of benzene rings is 3. The molecule has 29 heavy (non-hydrogen) atoms. The Kier molecular flexibility index (Phi) is 5.97. The van der Waals surface area contributed by atoms with E-state index in [0.29, 0.717) is 0 Å². The molecule has 0 saturated carbocycles. The molecule has 0 bridgehead atoms. The number of hydrogen-bond donors (Lipinski definition) is 2. The van der Waals surface area contributed by atoms with E-state index in [2.05, 4.69) is 10.6 Å². The van der Waals surface area contributed by atoms with Gasteiger partial charge in [-0.15, -0.1) is 0 Å². The molecule has 0 radical (unpaired) electrons. The van der Waals surface area contributed by atoms with Crippen LogP contribution in [0.2, 0.25) is 0 Å². The molecule has 3 rings (SSSR count). The molecule has 2 amide bonds. The number of para-hydroxylation sites is 1. The van der Waals surface area contributed by atoms with Crippen molar-refractivity contribution in [3.05, 3.63) is 95.6 Å². The van der Waals surface area contributed by atoms with E-state index in [9.17, 15) is 22.8 Å². The average molecular weight is 398 g/mol. The van der Waals surface area contributed by atoms with Gasteiger partial charge in [-0.05, 0) is 35.9 Å². The number of carbonyl (C=O) groups is 2. The van der Waals surface area contributed by atoms with Crippen molar-refractivity contribution in [2.24, 2.45) is 0 Å². The van der Waals surface area contributed by atoms with Gasteiger partial charge in [-0.25, -0.2) is 0 Å². The molecule has 4 nitrogen and oxygen atoms in total. The summed E-state index contributed by atoms with van der Waals surface area (Å²) in [4.78, 5) is 24.9. The lowest BCUT2D eigenvalue weighted by Crippen LogP contribution is -2.19. The molecule has 7 heteroatoms. The molecule has 3 aromatic rings. The van der Waals surface area contributed by atoms with Crippen LogP contribution in [0.4, 0.5) is 24.5 Å². The van der Waals surface area contributed by atoms with Gasteiger partial charge in [0.2, 0.25) is 5.91 Å². The summed E-state index contributed by atoms with van der Waals surface area (Å²) in [6.45, 7) is 0. The second-order valence-corrected chi connectivity index (χ2v) is 6.29. The van der Waals surface area contributed by atoms with Gasteiger partial charge in [-0.2, -0.15) is 13.2 Å². The highest BCUT2D eigenvalue weighted by Crippen LogP contribution is 2.31. The number of hydrogen-bond acceptors (Lipinski definition) is 2. The average Bonchev–Trinajstić information content (AvgIpc) is 2.68. The molecular weight excluding hydrogens is 381 g/mol. The Morgan fingerprint density at radius 1 is 0.793 bits per heavy atom. The van der Waals surface area contributed by atoms with E-state index in [0.717, 1.165) is 17.7 Å². The van der Waals surface area contributed by atoms with Crippen molar-refractivity contribution >= 4 is 23.2 Å². The molecule has 0 aliphatic heterocycles. The standard InChI is InChI=1S/C22H17F3N2O2/c23-22(24,25)16-9-6-10-17(14-16)26-21(29)18-11-4-5-12-19(18)27-20(28)13-15-7-2-1-3-8-15/h1-12,14H,13H2,(H,26,29)(H,27,28). The van der Waals surface area contributed by atoms with E-state index < -0.39 is 17.6 Å². The molecule has 0 fully saturated rings. The maximum Gasteiger partial charge on any atom is 0.416 e. The Hall–Kier alpha value is -3.61. The van der Waals surface area contributed by atoms with E-state index in [1.165, 1.54) is 18.2 Å². The van der Waals surface area contributed by atoms with Gasteiger partial charge >= 0.3 is 6.18 Å². The molecule has 0 atom stereocenters. The van der Waals surface area contributed by atoms with Crippen LogP contribution in [0, 0.1) is 0 Å². The summed E-state index contributed by atoms with van der Waals surface area (Å²) in [5, 5.41) is 5.13. The van der Waals surface area contributed by atoms with Crippen molar-refractivity contribution in [2.75, 3.05) is 10.6 Å². The Labute approximate surface area is 165 Å². The van der Waals surface area contributed by atoms with Gasteiger partial charge in [0, 0.05) is 5.69 Å². The number of halogens is 3. The molecule has 0 aliphatic carbocycles. The SMILES string of the molecule is O=C(Cc1ccccc1)Nc1ccccc1C(=O)Nc1cccc(C(F)(F)F)c1. The minimum Gasteiger partial charge on any atom is -0.325 e. The summed E-state index contributed by atoms with van der Waals surface area (Å²) < 4.78 is 38.6. The van der Waals surface area contributed by atoms with Crippen LogP contribution in [-0.4, -0.2) is 11.8 Å². The van der Waals surface area contributed by atoms with Crippen LogP contribution >= 0.6 is 0 Å². The third kappa shape index (κ3) is 5.44. The fraction of sp³-hybridized carbons (Fsp3) is 0.0909. The first-order valence-corrected chi connectivity index (χ1v) is 8.74. The molecule has 3 aromatic carbocycles. The summed E-state index contributed by atoms with van der Waals surface area (Å²) in [7, 11) is 0. The second-order valence-electron chi connectivity index (χ2n) is 6.29. The third-order valence-corrected chi connectivity index (χ3v) is 4.10. The molecular formula is C22H17F3N2O2. The lowest BCUT2D eigenvalue weighted by atomic mass is 10.1. The van der Waals surface area contributed by atoms with Crippen molar-refractivity contribution in [1.82, 2.24) is 0 Å². The van der Waals surface area contributed by atoms with E-state index in [4.69, 9.17) is 0 Å². The number of anilines is 2. The first-order chi connectivity index (χ1) is 13.8. The van der Waals surface area contributed by atoms with Gasteiger partial charge < -0.3 is 10.6 Å². The maximum absolute atomic E-state index is 12.9. The molecule has 0 aliphatic rings. The Balaban J connectivity index is 1.74. The summed E-state index contributed by atoms with van der Waals surface area (Å²) in [6, 6.07) is 19.8. The molecule has 148 valence electrons. The Bertz CT molecular complexity index is 1020. The first-order valence-electron chi connectivity index (χ1n) is 8.74. The van der Waals surface area contributed by atoms with Crippen molar-refractivity contribution < 1.29 is 22.8 Å². The second kappa shape index (κ2) is 8.60. The quantitative estimate of drug-likeness (QED) is 0.625. The molecule has 2 N–H and O–H groups in total. The highest BCUT2D eigenvalue weighted by Gasteiger charge is 2.30. The topological polar surface area (TPSA) is 58.2 Å². The number of carbonyl (C=O) groups excluding carboxylic acids is 2. The maximum atomic E-state index is 12.9. The van der Waals surface area contributed by atoms with Gasteiger partial charge in [-0.3, -0.25) is 9.59 Å². The van der Waals surface area contributed by atoms with E-state index in [1.807, 2.05) is 30.3 Å². The zero-order chi connectivity index (χ0) is 20.9. The lowest BCUT2D eigenvalue weighted by molar-refractivity contribution is -0.137. The number of alkyl halides is 3. The lowest BCUT2D eigenvalue weighted by Gasteiger charge is -2.13. The zero-order valence-electron chi connectivity index (χ0n) is 15.2. The highest BCUT2D eigenvalue weighted by molar-refractivity contribution is 6.10. The summed E-state index contributed by atoms with van der Waals surface area (Å²) in [5.74, 6) is -0.935. The normalized spacial score (nSPS) is 11.0. The summed E-state index contributed by atoms with van der Waals surface area (Å²) in [5.41, 5.74) is 0.384. The predicted octanol–water partition coefficient (Wildman–Crippen LogP) is 5.14. The van der Waals surface area contributed by atoms with Crippen LogP contribution < -0.4 is 10.6 Å². The van der Waals surface area contributed by atoms with Crippen molar-refractivity contribution in [3.8, 4) is 0 Å². The largest absolute Gasteiger partial charge is 0.416 e. The zero-order valence-corrected chi connectivity index (χ0v) is 15.2. The van der Waals surface area contributed by atoms with Crippen molar-refractivity contribution in [1.29, 1.82) is 0 Å². The molecule has 0 saturated heterocycles. The van der Waals surface area contributed by atoms with Gasteiger partial charge in [0.25, 0.3) is 5.91 Å².